The van der Waals surface area contributed by atoms with Gasteiger partial charge in [0.05, 0.1) is 50.5 Å². The number of carbonyl (C=O) groups excluding carboxylic acids is 2. The highest BCUT2D eigenvalue weighted by molar-refractivity contribution is 6.33. The van der Waals surface area contributed by atoms with Gasteiger partial charge in [0, 0.05) is 11.8 Å². The van der Waals surface area contributed by atoms with E-state index in [0.717, 1.165) is 16.7 Å². The summed E-state index contributed by atoms with van der Waals surface area (Å²) >= 11 is 6.32. The number of hydrogen-bond donors (Lipinski definition) is 1. The first-order valence-corrected chi connectivity index (χ1v) is 12.8. The molecule has 1 N–H and O–H groups in total. The monoisotopic (exact) mass is 551 g/mol. The molecule has 1 amide bonds. The van der Waals surface area contributed by atoms with Crippen LogP contribution in [-0.2, 0) is 9.53 Å². The smallest absolute Gasteiger partial charge is 0.310 e. The van der Waals surface area contributed by atoms with Crippen LogP contribution in [0.4, 0.5) is 0 Å². The van der Waals surface area contributed by atoms with Crippen molar-refractivity contribution in [2.24, 2.45) is 11.8 Å². The molecule has 2 aliphatic heterocycles. The van der Waals surface area contributed by atoms with Crippen LogP contribution in [0, 0.1) is 11.8 Å². The summed E-state index contributed by atoms with van der Waals surface area (Å²) in [7, 11) is 4.62. The van der Waals surface area contributed by atoms with Crippen LogP contribution in [0.25, 0.3) is 0 Å². The maximum atomic E-state index is 13.4. The Morgan fingerprint density at radius 2 is 1.59 bits per heavy atom. The molecule has 9 nitrogen and oxygen atoms in total. The third kappa shape index (κ3) is 4.08. The standard InChI is InChI=1S/C29H26ClNO8/c1-34-22-8-14(9-23(35-2)27(22)36-3)24-16-10-20-21(39-13-38-20)11-17(16)26(18-12-37-29(33)25(18)24)31-28(32)15-6-4-5-7-19(15)30/h4-11,18,24-26H,12-13H2,1-3H3,(H,31,32). The Kier molecular flexibility index (Phi) is 6.38. The van der Waals surface area contributed by atoms with E-state index in [-0.39, 0.29) is 31.2 Å². The zero-order valence-electron chi connectivity index (χ0n) is 21.5. The molecule has 0 radical (unpaired) electrons. The summed E-state index contributed by atoms with van der Waals surface area (Å²) in [6.45, 7) is 0.227. The number of methoxy groups -OCH3 is 3. The molecular weight excluding hydrogens is 526 g/mol. The molecule has 1 fully saturated rings. The van der Waals surface area contributed by atoms with E-state index >= 15 is 0 Å². The normalized spacial score (nSPS) is 22.4. The molecule has 0 aromatic heterocycles. The van der Waals surface area contributed by atoms with Crippen molar-refractivity contribution in [2.45, 2.75) is 12.0 Å². The van der Waals surface area contributed by atoms with Gasteiger partial charge < -0.3 is 33.7 Å². The molecule has 3 aromatic rings. The molecule has 1 saturated heterocycles. The fraction of sp³-hybridized carbons (Fsp3) is 0.310. The first-order valence-electron chi connectivity index (χ1n) is 12.4. The van der Waals surface area contributed by atoms with Crippen LogP contribution in [0.2, 0.25) is 5.02 Å². The molecule has 39 heavy (non-hydrogen) atoms. The lowest BCUT2D eigenvalue weighted by Gasteiger charge is -2.39. The van der Waals surface area contributed by atoms with Crippen LogP contribution < -0.4 is 29.0 Å². The fourth-order valence-corrected chi connectivity index (χ4v) is 6.11. The lowest BCUT2D eigenvalue weighted by atomic mass is 9.65. The number of carbonyl (C=O) groups is 2. The molecule has 10 heteroatoms. The molecule has 3 aromatic carbocycles. The van der Waals surface area contributed by atoms with Gasteiger partial charge in [0.1, 0.15) is 0 Å². The van der Waals surface area contributed by atoms with Crippen molar-refractivity contribution in [2.75, 3.05) is 34.7 Å². The summed E-state index contributed by atoms with van der Waals surface area (Å²) in [6.07, 6.45) is 0. The number of halogens is 1. The number of hydrogen-bond acceptors (Lipinski definition) is 8. The minimum Gasteiger partial charge on any atom is -0.493 e. The third-order valence-corrected chi connectivity index (χ3v) is 7.97. The molecule has 6 rings (SSSR count). The van der Waals surface area contributed by atoms with Gasteiger partial charge in [-0.25, -0.2) is 0 Å². The number of benzene rings is 3. The first-order chi connectivity index (χ1) is 18.9. The van der Waals surface area contributed by atoms with E-state index < -0.39 is 17.9 Å². The number of cyclic esters (lactones) is 1. The molecule has 0 saturated carbocycles. The lowest BCUT2D eigenvalue weighted by molar-refractivity contribution is -0.141. The molecule has 0 spiro atoms. The summed E-state index contributed by atoms with van der Waals surface area (Å²) in [5.74, 6) is 0.399. The summed E-state index contributed by atoms with van der Waals surface area (Å²) in [5.41, 5.74) is 2.72. The zero-order valence-corrected chi connectivity index (χ0v) is 22.2. The Morgan fingerprint density at radius 3 is 2.23 bits per heavy atom. The lowest BCUT2D eigenvalue weighted by Crippen LogP contribution is -2.42. The fourth-order valence-electron chi connectivity index (χ4n) is 5.89. The average Bonchev–Trinajstić information content (AvgIpc) is 3.57. The van der Waals surface area contributed by atoms with Gasteiger partial charge in [0.15, 0.2) is 23.0 Å². The van der Waals surface area contributed by atoms with Crippen LogP contribution in [0.5, 0.6) is 28.7 Å². The Bertz CT molecular complexity index is 1450. The Morgan fingerprint density at radius 1 is 0.923 bits per heavy atom. The number of nitrogens with one attached hydrogen (secondary N) is 1. The maximum absolute atomic E-state index is 13.4. The molecule has 202 valence electrons. The van der Waals surface area contributed by atoms with E-state index in [2.05, 4.69) is 5.32 Å². The average molecular weight is 552 g/mol. The predicted octanol–water partition coefficient (Wildman–Crippen LogP) is 4.50. The van der Waals surface area contributed by atoms with E-state index in [9.17, 15) is 9.59 Å². The van der Waals surface area contributed by atoms with Gasteiger partial charge in [-0.1, -0.05) is 23.7 Å². The minimum atomic E-state index is -0.600. The SMILES string of the molecule is COc1cc(C2c3cc4c(cc3C(NC(=O)c3ccccc3Cl)C3COC(=O)C23)OCO4)cc(OC)c1OC. The van der Waals surface area contributed by atoms with E-state index in [0.29, 0.717) is 39.3 Å². The van der Waals surface area contributed by atoms with Gasteiger partial charge in [-0.05, 0) is 53.1 Å². The van der Waals surface area contributed by atoms with Crippen molar-refractivity contribution in [1.82, 2.24) is 5.32 Å². The molecule has 3 aliphatic rings. The highest BCUT2D eigenvalue weighted by atomic mass is 35.5. The summed E-state index contributed by atoms with van der Waals surface area (Å²) in [4.78, 5) is 26.7. The quantitative estimate of drug-likeness (QED) is 0.447. The van der Waals surface area contributed by atoms with Gasteiger partial charge in [-0.2, -0.15) is 0 Å². The second kappa shape index (κ2) is 9.89. The zero-order chi connectivity index (χ0) is 27.3. The van der Waals surface area contributed by atoms with Crippen molar-refractivity contribution in [1.29, 1.82) is 0 Å². The second-order valence-corrected chi connectivity index (χ2v) is 9.93. The molecule has 2 heterocycles. The van der Waals surface area contributed by atoms with Crippen LogP contribution in [0.1, 0.15) is 39.0 Å². The highest BCUT2D eigenvalue weighted by Crippen LogP contribution is 2.55. The topological polar surface area (TPSA) is 102 Å². The highest BCUT2D eigenvalue weighted by Gasteiger charge is 2.53. The van der Waals surface area contributed by atoms with Crippen molar-refractivity contribution in [3.05, 3.63) is 75.8 Å². The van der Waals surface area contributed by atoms with Crippen molar-refractivity contribution in [3.8, 4) is 28.7 Å². The number of amides is 1. The van der Waals surface area contributed by atoms with E-state index in [1.807, 2.05) is 24.3 Å². The minimum absolute atomic E-state index is 0.0820. The number of ether oxygens (including phenoxy) is 6. The first kappa shape index (κ1) is 25.2. The van der Waals surface area contributed by atoms with E-state index in [1.54, 1.807) is 38.5 Å². The second-order valence-electron chi connectivity index (χ2n) is 9.52. The largest absolute Gasteiger partial charge is 0.493 e. The summed E-state index contributed by atoms with van der Waals surface area (Å²) in [5, 5.41) is 3.46. The Balaban J connectivity index is 1.53. The van der Waals surface area contributed by atoms with Crippen LogP contribution in [-0.4, -0.2) is 46.6 Å². The maximum Gasteiger partial charge on any atom is 0.310 e. The summed E-state index contributed by atoms with van der Waals surface area (Å²) in [6, 6.07) is 13.7. The molecule has 4 atom stereocenters. The third-order valence-electron chi connectivity index (χ3n) is 7.64. The van der Waals surface area contributed by atoms with Gasteiger partial charge in [-0.3, -0.25) is 9.59 Å². The van der Waals surface area contributed by atoms with E-state index in [4.69, 9.17) is 40.0 Å². The van der Waals surface area contributed by atoms with Crippen molar-refractivity contribution < 1.29 is 38.0 Å². The summed E-state index contributed by atoms with van der Waals surface area (Å²) < 4.78 is 33.7. The van der Waals surface area contributed by atoms with Crippen LogP contribution in [0.3, 0.4) is 0 Å². The number of esters is 1. The van der Waals surface area contributed by atoms with Gasteiger partial charge in [-0.15, -0.1) is 0 Å². The van der Waals surface area contributed by atoms with Gasteiger partial charge in [0.2, 0.25) is 12.5 Å². The van der Waals surface area contributed by atoms with Gasteiger partial charge in [0.25, 0.3) is 5.91 Å². The predicted molar refractivity (Wildman–Crippen MR) is 140 cm³/mol. The number of fused-ring (bicyclic) bond motifs is 3. The molecule has 1 aliphatic carbocycles. The van der Waals surface area contributed by atoms with Crippen LogP contribution >= 0.6 is 11.6 Å². The number of rotatable bonds is 6. The van der Waals surface area contributed by atoms with Gasteiger partial charge >= 0.3 is 5.97 Å². The molecular formula is C29H26ClNO8. The van der Waals surface area contributed by atoms with Crippen molar-refractivity contribution in [3.63, 3.8) is 0 Å². The Hall–Kier alpha value is -4.11. The van der Waals surface area contributed by atoms with Crippen molar-refractivity contribution >= 4 is 23.5 Å². The Labute approximate surface area is 229 Å². The molecule has 0 bridgehead atoms. The van der Waals surface area contributed by atoms with Crippen LogP contribution in [0.15, 0.2) is 48.5 Å². The molecule has 4 unspecified atom stereocenters. The van der Waals surface area contributed by atoms with E-state index in [1.165, 1.54) is 7.11 Å².